The van der Waals surface area contributed by atoms with Crippen molar-refractivity contribution in [2.24, 2.45) is 0 Å². The van der Waals surface area contributed by atoms with Gasteiger partial charge in [-0.05, 0) is 38.4 Å². The van der Waals surface area contributed by atoms with Crippen molar-refractivity contribution in [1.82, 2.24) is 10.2 Å². The Morgan fingerprint density at radius 1 is 1.10 bits per heavy atom. The second-order valence-corrected chi connectivity index (χ2v) is 5.37. The lowest BCUT2D eigenvalue weighted by atomic mass is 10.0. The smallest absolute Gasteiger partial charge is 0.0558 e. The van der Waals surface area contributed by atoms with Crippen molar-refractivity contribution in [3.05, 3.63) is 35.4 Å². The van der Waals surface area contributed by atoms with Crippen LogP contribution in [0.5, 0.6) is 0 Å². The van der Waals surface area contributed by atoms with E-state index in [0.717, 1.165) is 39.0 Å². The second kappa shape index (κ2) is 9.92. The summed E-state index contributed by atoms with van der Waals surface area (Å²) in [5, 5.41) is 12.7. The Bertz CT molecular complexity index is 345. The molecule has 0 aliphatic heterocycles. The number of benzene rings is 1. The number of rotatable bonds is 10. The van der Waals surface area contributed by atoms with E-state index in [2.05, 4.69) is 55.3 Å². The fourth-order valence-electron chi connectivity index (χ4n) is 2.54. The van der Waals surface area contributed by atoms with E-state index in [1.807, 2.05) is 0 Å². The molecule has 0 aromatic heterocycles. The maximum Gasteiger partial charge on any atom is 0.0558 e. The SMILES string of the molecule is CCCN(CCO)CCC(NCC)c1ccc(C)cc1. The van der Waals surface area contributed by atoms with Crippen molar-refractivity contribution in [2.75, 3.05) is 32.8 Å². The van der Waals surface area contributed by atoms with E-state index < -0.39 is 0 Å². The van der Waals surface area contributed by atoms with Crippen molar-refractivity contribution >= 4 is 0 Å². The van der Waals surface area contributed by atoms with Gasteiger partial charge in [0.05, 0.1) is 6.61 Å². The normalized spacial score (nSPS) is 12.8. The molecule has 0 aliphatic rings. The summed E-state index contributed by atoms with van der Waals surface area (Å²) in [6, 6.07) is 9.20. The Morgan fingerprint density at radius 3 is 2.35 bits per heavy atom. The molecule has 0 heterocycles. The Morgan fingerprint density at radius 2 is 1.80 bits per heavy atom. The van der Waals surface area contributed by atoms with Crippen molar-refractivity contribution in [2.45, 2.75) is 39.7 Å². The first-order valence-corrected chi connectivity index (χ1v) is 7.84. The Labute approximate surface area is 124 Å². The maximum atomic E-state index is 9.12. The lowest BCUT2D eigenvalue weighted by Gasteiger charge is -2.25. The molecule has 0 radical (unpaired) electrons. The van der Waals surface area contributed by atoms with Gasteiger partial charge in [-0.15, -0.1) is 0 Å². The van der Waals surface area contributed by atoms with Crippen LogP contribution in [0, 0.1) is 6.92 Å². The first-order valence-electron chi connectivity index (χ1n) is 7.84. The largest absolute Gasteiger partial charge is 0.395 e. The Kier molecular flexibility index (Phi) is 8.51. The van der Waals surface area contributed by atoms with Crippen LogP contribution < -0.4 is 5.32 Å². The van der Waals surface area contributed by atoms with Gasteiger partial charge < -0.3 is 15.3 Å². The molecule has 3 heteroatoms. The van der Waals surface area contributed by atoms with Crippen LogP contribution in [-0.2, 0) is 0 Å². The average Bonchev–Trinajstić information content (AvgIpc) is 2.45. The maximum absolute atomic E-state index is 9.12. The highest BCUT2D eigenvalue weighted by Gasteiger charge is 2.12. The lowest BCUT2D eigenvalue weighted by Crippen LogP contribution is -2.32. The molecule has 3 nitrogen and oxygen atoms in total. The minimum Gasteiger partial charge on any atom is -0.395 e. The van der Waals surface area contributed by atoms with E-state index in [1.54, 1.807) is 0 Å². The van der Waals surface area contributed by atoms with Crippen molar-refractivity contribution in [3.8, 4) is 0 Å². The number of aliphatic hydroxyl groups excluding tert-OH is 1. The van der Waals surface area contributed by atoms with Crippen LogP contribution >= 0.6 is 0 Å². The standard InChI is InChI=1S/C17H30N2O/c1-4-11-19(13-14-20)12-10-17(18-5-2)16-8-6-15(3)7-9-16/h6-9,17-18,20H,4-5,10-14H2,1-3H3. The number of hydrogen-bond donors (Lipinski definition) is 2. The van der Waals surface area contributed by atoms with Crippen LogP contribution in [0.3, 0.4) is 0 Å². The molecule has 1 rings (SSSR count). The van der Waals surface area contributed by atoms with Gasteiger partial charge in [0.25, 0.3) is 0 Å². The zero-order chi connectivity index (χ0) is 14.8. The third-order valence-electron chi connectivity index (χ3n) is 3.62. The highest BCUT2D eigenvalue weighted by Crippen LogP contribution is 2.18. The summed E-state index contributed by atoms with van der Waals surface area (Å²) in [7, 11) is 0. The minimum absolute atomic E-state index is 0.246. The first-order chi connectivity index (χ1) is 9.71. The second-order valence-electron chi connectivity index (χ2n) is 5.37. The highest BCUT2D eigenvalue weighted by molar-refractivity contribution is 5.24. The van der Waals surface area contributed by atoms with E-state index in [1.165, 1.54) is 11.1 Å². The van der Waals surface area contributed by atoms with Crippen LogP contribution in [0.1, 0.15) is 43.9 Å². The summed E-state index contributed by atoms with van der Waals surface area (Å²) in [5.41, 5.74) is 2.66. The Balaban J connectivity index is 2.59. The molecule has 1 aromatic rings. The average molecular weight is 278 g/mol. The Hall–Kier alpha value is -0.900. The highest BCUT2D eigenvalue weighted by atomic mass is 16.3. The predicted molar refractivity (Wildman–Crippen MR) is 86.0 cm³/mol. The monoisotopic (exact) mass is 278 g/mol. The summed E-state index contributed by atoms with van der Waals surface area (Å²) in [5.74, 6) is 0. The summed E-state index contributed by atoms with van der Waals surface area (Å²) in [6.45, 7) is 10.6. The van der Waals surface area contributed by atoms with Gasteiger partial charge >= 0.3 is 0 Å². The molecule has 114 valence electrons. The molecule has 0 saturated heterocycles. The number of aryl methyl sites for hydroxylation is 1. The molecule has 0 fully saturated rings. The van der Waals surface area contributed by atoms with Crippen LogP contribution in [-0.4, -0.2) is 42.8 Å². The van der Waals surface area contributed by atoms with Gasteiger partial charge in [0.2, 0.25) is 0 Å². The zero-order valence-electron chi connectivity index (χ0n) is 13.2. The summed E-state index contributed by atoms with van der Waals surface area (Å²) in [6.07, 6.45) is 2.22. The molecule has 0 saturated carbocycles. The molecule has 1 atom stereocenters. The van der Waals surface area contributed by atoms with E-state index in [-0.39, 0.29) is 6.61 Å². The van der Waals surface area contributed by atoms with Crippen LogP contribution in [0.4, 0.5) is 0 Å². The summed E-state index contributed by atoms with van der Waals surface area (Å²) in [4.78, 5) is 2.35. The number of nitrogens with zero attached hydrogens (tertiary/aromatic N) is 1. The summed E-state index contributed by atoms with van der Waals surface area (Å²) < 4.78 is 0. The lowest BCUT2D eigenvalue weighted by molar-refractivity contribution is 0.189. The van der Waals surface area contributed by atoms with E-state index in [4.69, 9.17) is 5.11 Å². The van der Waals surface area contributed by atoms with Gasteiger partial charge in [-0.1, -0.05) is 43.7 Å². The van der Waals surface area contributed by atoms with Crippen LogP contribution in [0.15, 0.2) is 24.3 Å². The minimum atomic E-state index is 0.246. The number of hydrogen-bond acceptors (Lipinski definition) is 3. The molecule has 0 amide bonds. The van der Waals surface area contributed by atoms with Gasteiger partial charge in [0, 0.05) is 19.1 Å². The van der Waals surface area contributed by atoms with Crippen LogP contribution in [0.2, 0.25) is 0 Å². The van der Waals surface area contributed by atoms with Gasteiger partial charge in [-0.2, -0.15) is 0 Å². The van der Waals surface area contributed by atoms with Gasteiger partial charge in [-0.3, -0.25) is 0 Å². The summed E-state index contributed by atoms with van der Waals surface area (Å²) >= 11 is 0. The molecule has 20 heavy (non-hydrogen) atoms. The van der Waals surface area contributed by atoms with E-state index in [9.17, 15) is 0 Å². The predicted octanol–water partition coefficient (Wildman–Crippen LogP) is 2.74. The van der Waals surface area contributed by atoms with E-state index in [0.29, 0.717) is 6.04 Å². The first kappa shape index (κ1) is 17.2. The van der Waals surface area contributed by atoms with Crippen molar-refractivity contribution in [1.29, 1.82) is 0 Å². The number of aliphatic hydroxyl groups is 1. The van der Waals surface area contributed by atoms with Crippen LogP contribution in [0.25, 0.3) is 0 Å². The molecule has 1 aromatic carbocycles. The van der Waals surface area contributed by atoms with Crippen molar-refractivity contribution < 1.29 is 5.11 Å². The topological polar surface area (TPSA) is 35.5 Å². The fourth-order valence-corrected chi connectivity index (χ4v) is 2.54. The molecule has 1 unspecified atom stereocenters. The fraction of sp³-hybridized carbons (Fsp3) is 0.647. The molecule has 0 aliphatic carbocycles. The number of nitrogens with one attached hydrogen (secondary N) is 1. The molecular weight excluding hydrogens is 248 g/mol. The van der Waals surface area contributed by atoms with Crippen molar-refractivity contribution in [3.63, 3.8) is 0 Å². The third kappa shape index (κ3) is 6.04. The molecular formula is C17H30N2O. The molecule has 0 bridgehead atoms. The van der Waals surface area contributed by atoms with Gasteiger partial charge in [0.15, 0.2) is 0 Å². The van der Waals surface area contributed by atoms with Gasteiger partial charge in [-0.25, -0.2) is 0 Å². The molecule has 2 N–H and O–H groups in total. The van der Waals surface area contributed by atoms with Gasteiger partial charge in [0.1, 0.15) is 0 Å². The van der Waals surface area contributed by atoms with E-state index >= 15 is 0 Å². The zero-order valence-corrected chi connectivity index (χ0v) is 13.2. The third-order valence-corrected chi connectivity index (χ3v) is 3.62. The molecule has 0 spiro atoms. The quantitative estimate of drug-likeness (QED) is 0.691.